The molecule has 222 valence electrons. The molecule has 4 rings (SSSR count). The molecule has 0 amide bonds. The van der Waals surface area contributed by atoms with E-state index in [1.807, 2.05) is 0 Å². The fourth-order valence-electron chi connectivity index (χ4n) is 4.34. The zero-order valence-corrected chi connectivity index (χ0v) is 24.9. The lowest BCUT2D eigenvalue weighted by Gasteiger charge is -2.44. The second-order valence-corrected chi connectivity index (χ2v) is 16.7. The number of ether oxygens (including phenoxy) is 5. The first kappa shape index (κ1) is 31.1. The fraction of sp³-hybridized carbons (Fsp3) is 0.344. The third-order valence-corrected chi connectivity index (χ3v) is 8.37. The molecule has 9 nitrogen and oxygen atoms in total. The number of rotatable bonds is 11. The lowest BCUT2D eigenvalue weighted by molar-refractivity contribution is -0.297. The smallest absolute Gasteiger partial charge is 0.338 e. The molecule has 1 N–H and O–H groups in total. The highest BCUT2D eigenvalue weighted by atomic mass is 28.3. The number of benzene rings is 3. The molecule has 1 aliphatic rings. The SMILES string of the molecule is C[Si](C)(C)CCO[C@H]1O[C@@H](CO)[C@@H](OC(=O)c2ccccc2)[C@@H](OC(=O)c2ccccc2)[C@@H]1OC(=O)c1ccccc1. The van der Waals surface area contributed by atoms with Gasteiger partial charge in [-0.25, -0.2) is 14.4 Å². The summed E-state index contributed by atoms with van der Waals surface area (Å²) in [5.74, 6) is -2.17. The van der Waals surface area contributed by atoms with Crippen molar-refractivity contribution >= 4 is 26.0 Å². The highest BCUT2D eigenvalue weighted by Gasteiger charge is 2.53. The highest BCUT2D eigenvalue weighted by molar-refractivity contribution is 6.76. The Morgan fingerprint density at radius 3 is 1.48 bits per heavy atom. The Kier molecular flexibility index (Phi) is 10.6. The summed E-state index contributed by atoms with van der Waals surface area (Å²) in [6.45, 7) is 6.26. The van der Waals surface area contributed by atoms with E-state index in [1.165, 1.54) is 0 Å². The number of carbonyl (C=O) groups excluding carboxylic acids is 3. The van der Waals surface area contributed by atoms with Crippen LogP contribution in [0.3, 0.4) is 0 Å². The van der Waals surface area contributed by atoms with Crippen LogP contribution >= 0.6 is 0 Å². The van der Waals surface area contributed by atoms with Crippen LogP contribution in [0.4, 0.5) is 0 Å². The number of carbonyl (C=O) groups is 3. The molecule has 42 heavy (non-hydrogen) atoms. The molecule has 1 saturated heterocycles. The van der Waals surface area contributed by atoms with Gasteiger partial charge in [0.1, 0.15) is 6.10 Å². The van der Waals surface area contributed by atoms with Crippen molar-refractivity contribution < 1.29 is 43.2 Å². The van der Waals surface area contributed by atoms with Gasteiger partial charge in [-0.3, -0.25) is 0 Å². The zero-order chi connectivity index (χ0) is 30.1. The Balaban J connectivity index is 1.71. The highest BCUT2D eigenvalue weighted by Crippen LogP contribution is 2.31. The van der Waals surface area contributed by atoms with Crippen LogP contribution in [0, 0.1) is 0 Å². The van der Waals surface area contributed by atoms with E-state index in [9.17, 15) is 19.5 Å². The predicted molar refractivity (Wildman–Crippen MR) is 157 cm³/mol. The van der Waals surface area contributed by atoms with Gasteiger partial charge in [0.15, 0.2) is 24.6 Å². The van der Waals surface area contributed by atoms with E-state index < -0.39 is 63.3 Å². The summed E-state index contributed by atoms with van der Waals surface area (Å²) in [5, 5.41) is 10.3. The first-order chi connectivity index (χ1) is 20.2. The summed E-state index contributed by atoms with van der Waals surface area (Å²) < 4.78 is 29.8. The molecule has 0 bridgehead atoms. The molecule has 0 spiro atoms. The van der Waals surface area contributed by atoms with Gasteiger partial charge >= 0.3 is 17.9 Å². The minimum Gasteiger partial charge on any atom is -0.452 e. The van der Waals surface area contributed by atoms with E-state index in [1.54, 1.807) is 91.0 Å². The second-order valence-electron chi connectivity index (χ2n) is 11.1. The number of hydrogen-bond acceptors (Lipinski definition) is 9. The van der Waals surface area contributed by atoms with Crippen molar-refractivity contribution in [3.63, 3.8) is 0 Å². The zero-order valence-electron chi connectivity index (χ0n) is 23.9. The Bertz CT molecular complexity index is 1310. The van der Waals surface area contributed by atoms with Crippen LogP contribution < -0.4 is 0 Å². The van der Waals surface area contributed by atoms with Gasteiger partial charge in [-0.2, -0.15) is 0 Å². The van der Waals surface area contributed by atoms with Crippen LogP contribution in [0.1, 0.15) is 31.1 Å². The lowest BCUT2D eigenvalue weighted by atomic mass is 9.97. The van der Waals surface area contributed by atoms with Crippen LogP contribution in [-0.2, 0) is 23.7 Å². The second kappa shape index (κ2) is 14.4. The molecule has 0 saturated carbocycles. The van der Waals surface area contributed by atoms with Crippen molar-refractivity contribution in [1.29, 1.82) is 0 Å². The molecule has 3 aromatic carbocycles. The van der Waals surface area contributed by atoms with E-state index in [2.05, 4.69) is 19.6 Å². The van der Waals surface area contributed by atoms with Crippen molar-refractivity contribution in [3.05, 3.63) is 108 Å². The molecule has 5 atom stereocenters. The third kappa shape index (κ3) is 8.36. The number of aliphatic hydroxyl groups excluding tert-OH is 1. The normalized spacial score (nSPS) is 22.1. The molecular formula is C32H36O9Si. The fourth-order valence-corrected chi connectivity index (χ4v) is 5.07. The molecule has 0 unspecified atom stereocenters. The molecule has 0 aromatic heterocycles. The average Bonchev–Trinajstić information content (AvgIpc) is 3.00. The number of esters is 3. The van der Waals surface area contributed by atoms with Gasteiger partial charge in [0.25, 0.3) is 0 Å². The first-order valence-corrected chi connectivity index (χ1v) is 17.5. The molecule has 1 aliphatic heterocycles. The summed E-state index contributed by atoms with van der Waals surface area (Å²) in [7, 11) is -1.53. The Labute approximate surface area is 246 Å². The molecule has 3 aromatic rings. The molecule has 0 radical (unpaired) electrons. The Hall–Kier alpha value is -3.83. The van der Waals surface area contributed by atoms with Crippen molar-refractivity contribution in [2.75, 3.05) is 13.2 Å². The van der Waals surface area contributed by atoms with Crippen molar-refractivity contribution in [2.24, 2.45) is 0 Å². The minimum atomic E-state index is -1.53. The quantitative estimate of drug-likeness (QED) is 0.191. The average molecular weight is 593 g/mol. The molecule has 1 heterocycles. The largest absolute Gasteiger partial charge is 0.452 e. The first-order valence-electron chi connectivity index (χ1n) is 13.8. The van der Waals surface area contributed by atoms with Gasteiger partial charge in [0, 0.05) is 14.7 Å². The molecule has 1 fully saturated rings. The lowest BCUT2D eigenvalue weighted by Crippen LogP contribution is -2.63. The van der Waals surface area contributed by atoms with Gasteiger partial charge in [0.05, 0.1) is 23.3 Å². The van der Waals surface area contributed by atoms with Gasteiger partial charge in [0.2, 0.25) is 0 Å². The van der Waals surface area contributed by atoms with Crippen LogP contribution in [0.15, 0.2) is 91.0 Å². The maximum Gasteiger partial charge on any atom is 0.338 e. The van der Waals surface area contributed by atoms with Crippen LogP contribution in [0.25, 0.3) is 0 Å². The summed E-state index contributed by atoms with van der Waals surface area (Å²) in [4.78, 5) is 39.7. The molecular weight excluding hydrogens is 556 g/mol. The Morgan fingerprint density at radius 2 is 1.07 bits per heavy atom. The minimum absolute atomic E-state index is 0.238. The Morgan fingerprint density at radius 1 is 0.667 bits per heavy atom. The standard InChI is InChI=1S/C32H36O9Si/c1-42(2,3)20-19-37-32-28(41-31(36)24-17-11-6-12-18-24)27(40-30(35)23-15-9-5-10-16-23)26(25(21-33)38-32)39-29(34)22-13-7-4-8-14-22/h4-18,25-28,32-33H,19-21H2,1-3H3/t25-,26+,27+,28-,32-/m0/s1. The topological polar surface area (TPSA) is 118 Å². The van der Waals surface area contributed by atoms with Gasteiger partial charge in [-0.15, -0.1) is 0 Å². The van der Waals surface area contributed by atoms with E-state index in [4.69, 9.17) is 23.7 Å². The van der Waals surface area contributed by atoms with E-state index in [-0.39, 0.29) is 23.3 Å². The van der Waals surface area contributed by atoms with Gasteiger partial charge in [-0.1, -0.05) is 74.2 Å². The van der Waals surface area contributed by atoms with E-state index in [0.29, 0.717) is 0 Å². The third-order valence-electron chi connectivity index (χ3n) is 6.66. The van der Waals surface area contributed by atoms with E-state index in [0.717, 1.165) is 6.04 Å². The van der Waals surface area contributed by atoms with Crippen LogP contribution in [-0.4, -0.2) is 75.0 Å². The number of hydrogen-bond donors (Lipinski definition) is 1. The summed E-state index contributed by atoms with van der Waals surface area (Å²) in [6, 6.07) is 25.6. The monoisotopic (exact) mass is 592 g/mol. The van der Waals surface area contributed by atoms with Gasteiger partial charge < -0.3 is 28.8 Å². The van der Waals surface area contributed by atoms with Crippen LogP contribution in [0.5, 0.6) is 0 Å². The summed E-state index contributed by atoms with van der Waals surface area (Å²) in [5.41, 5.74) is 0.740. The van der Waals surface area contributed by atoms with Crippen molar-refractivity contribution in [1.82, 2.24) is 0 Å². The van der Waals surface area contributed by atoms with E-state index >= 15 is 0 Å². The van der Waals surface area contributed by atoms with Crippen LogP contribution in [0.2, 0.25) is 25.7 Å². The molecule has 10 heteroatoms. The maximum atomic E-state index is 13.3. The van der Waals surface area contributed by atoms with Gasteiger partial charge in [-0.05, 0) is 42.4 Å². The maximum absolute atomic E-state index is 13.3. The molecule has 0 aliphatic carbocycles. The predicted octanol–water partition coefficient (Wildman–Crippen LogP) is 4.74. The summed E-state index contributed by atoms with van der Waals surface area (Å²) >= 11 is 0. The van der Waals surface area contributed by atoms with Crippen molar-refractivity contribution in [3.8, 4) is 0 Å². The number of aliphatic hydroxyl groups is 1. The summed E-state index contributed by atoms with van der Waals surface area (Å²) in [6.07, 6.45) is -6.40. The van der Waals surface area contributed by atoms with Crippen molar-refractivity contribution in [2.45, 2.75) is 56.4 Å².